The second-order valence-corrected chi connectivity index (χ2v) is 9.49. The number of carbonyl (C=O) groups is 4. The fraction of sp³-hybridized carbons (Fsp3) is 0.714. The molecular weight excluding hydrogens is 348 g/mol. The molecule has 27 heavy (non-hydrogen) atoms. The smallest absolute Gasteiger partial charge is 0.336 e. The monoisotopic (exact) mass is 374 g/mol. The first-order valence-electron chi connectivity index (χ1n) is 9.77. The third kappa shape index (κ3) is 2.16. The van der Waals surface area contributed by atoms with Gasteiger partial charge in [0.2, 0.25) is 0 Å². The van der Waals surface area contributed by atoms with Gasteiger partial charge in [-0.3, -0.25) is 9.59 Å². The molecule has 0 spiro atoms. The van der Waals surface area contributed by atoms with E-state index in [4.69, 9.17) is 0 Å². The number of aliphatic carboxylic acids is 1. The van der Waals surface area contributed by atoms with E-state index in [9.17, 15) is 29.4 Å². The summed E-state index contributed by atoms with van der Waals surface area (Å²) in [6.07, 6.45) is 4.77. The van der Waals surface area contributed by atoms with Crippen molar-refractivity contribution in [2.75, 3.05) is 0 Å². The summed E-state index contributed by atoms with van der Waals surface area (Å²) in [6.45, 7) is 3.73. The number of aldehydes is 1. The zero-order chi connectivity index (χ0) is 19.8. The number of carboxylic acid groups (broad SMARTS) is 1. The summed E-state index contributed by atoms with van der Waals surface area (Å²) in [5.41, 5.74) is -2.42. The predicted molar refractivity (Wildman–Crippen MR) is 94.6 cm³/mol. The summed E-state index contributed by atoms with van der Waals surface area (Å²) in [5.74, 6) is -2.55. The van der Waals surface area contributed by atoms with Crippen molar-refractivity contribution in [1.29, 1.82) is 0 Å². The number of ketones is 2. The molecule has 0 amide bonds. The van der Waals surface area contributed by atoms with Gasteiger partial charge >= 0.3 is 5.97 Å². The molecule has 6 heteroatoms. The van der Waals surface area contributed by atoms with Gasteiger partial charge in [0.15, 0.2) is 11.4 Å². The Labute approximate surface area is 158 Å². The number of hydrogen-bond donors (Lipinski definition) is 2. The Bertz CT molecular complexity index is 784. The molecule has 146 valence electrons. The molecule has 3 fully saturated rings. The average molecular weight is 374 g/mol. The molecule has 3 saturated carbocycles. The van der Waals surface area contributed by atoms with Gasteiger partial charge in [-0.2, -0.15) is 0 Å². The van der Waals surface area contributed by atoms with Crippen LogP contribution in [0.4, 0.5) is 0 Å². The van der Waals surface area contributed by atoms with Gasteiger partial charge in [0.1, 0.15) is 12.1 Å². The molecule has 0 radical (unpaired) electrons. The molecule has 4 aliphatic carbocycles. The lowest BCUT2D eigenvalue weighted by atomic mass is 9.45. The summed E-state index contributed by atoms with van der Waals surface area (Å²) >= 11 is 0. The molecule has 6 nitrogen and oxygen atoms in total. The van der Waals surface area contributed by atoms with Gasteiger partial charge < -0.3 is 15.0 Å². The van der Waals surface area contributed by atoms with Crippen LogP contribution in [-0.2, 0) is 19.2 Å². The van der Waals surface area contributed by atoms with Crippen LogP contribution in [0, 0.1) is 34.5 Å². The van der Waals surface area contributed by atoms with Crippen molar-refractivity contribution in [3.63, 3.8) is 0 Å². The molecule has 0 saturated heterocycles. The normalized spacial score (nSPS) is 48.9. The quantitative estimate of drug-likeness (QED) is 0.565. The van der Waals surface area contributed by atoms with E-state index in [1.807, 2.05) is 6.92 Å². The molecule has 4 aliphatic rings. The highest BCUT2D eigenvalue weighted by atomic mass is 16.4. The van der Waals surface area contributed by atoms with Crippen molar-refractivity contribution in [3.05, 3.63) is 11.6 Å². The van der Waals surface area contributed by atoms with Crippen LogP contribution >= 0.6 is 0 Å². The van der Waals surface area contributed by atoms with Gasteiger partial charge in [-0.05, 0) is 55.4 Å². The molecule has 7 atom stereocenters. The third-order valence-electron chi connectivity index (χ3n) is 8.42. The number of hydrogen-bond acceptors (Lipinski definition) is 5. The van der Waals surface area contributed by atoms with Crippen molar-refractivity contribution in [1.82, 2.24) is 0 Å². The topological polar surface area (TPSA) is 109 Å². The number of allylic oxidation sites excluding steroid dienone is 1. The van der Waals surface area contributed by atoms with E-state index in [2.05, 4.69) is 0 Å². The zero-order valence-corrected chi connectivity index (χ0v) is 15.7. The number of carboxylic acids is 1. The van der Waals surface area contributed by atoms with E-state index in [1.165, 1.54) is 0 Å². The van der Waals surface area contributed by atoms with E-state index in [-0.39, 0.29) is 42.2 Å². The van der Waals surface area contributed by atoms with Crippen LogP contribution in [-0.4, -0.2) is 39.6 Å². The molecular formula is C21H26O6. The van der Waals surface area contributed by atoms with Crippen LogP contribution in [0.5, 0.6) is 0 Å². The maximum Gasteiger partial charge on any atom is 0.336 e. The summed E-state index contributed by atoms with van der Waals surface area (Å²) in [5, 5.41) is 20.5. The highest BCUT2D eigenvalue weighted by Crippen LogP contribution is 2.66. The van der Waals surface area contributed by atoms with Gasteiger partial charge in [0.25, 0.3) is 0 Å². The van der Waals surface area contributed by atoms with Gasteiger partial charge in [0, 0.05) is 17.8 Å². The standard InChI is InChI=1S/C21H26O6/c1-19-8-11(10-22)15(23)7-12(19)3-4-13-14-5-6-21(27,18(25)26)20(14,2)9-16(24)17(13)19/h7,10-11,13-14,17,27H,3-6,8-9H2,1-2H3,(H,25,26)/t11?,13-,14?,17?,19-,20-,21-/m0/s1. The average Bonchev–Trinajstić information content (AvgIpc) is 2.87. The summed E-state index contributed by atoms with van der Waals surface area (Å²) in [4.78, 5) is 48.7. The molecule has 2 N–H and O–H groups in total. The van der Waals surface area contributed by atoms with Crippen LogP contribution in [0.1, 0.15) is 52.4 Å². The van der Waals surface area contributed by atoms with Gasteiger partial charge in [-0.15, -0.1) is 0 Å². The fourth-order valence-corrected chi connectivity index (χ4v) is 6.98. The highest BCUT2D eigenvalue weighted by molar-refractivity contribution is 6.02. The van der Waals surface area contributed by atoms with Crippen LogP contribution in [0.25, 0.3) is 0 Å². The maximum atomic E-state index is 13.3. The Morgan fingerprint density at radius 2 is 1.96 bits per heavy atom. The van der Waals surface area contributed by atoms with E-state index < -0.39 is 28.3 Å². The summed E-state index contributed by atoms with van der Waals surface area (Å²) < 4.78 is 0. The van der Waals surface area contributed by atoms with Crippen molar-refractivity contribution in [3.8, 4) is 0 Å². The number of rotatable bonds is 2. The molecule has 0 aromatic carbocycles. The molecule has 0 aromatic heterocycles. The molecule has 0 heterocycles. The minimum absolute atomic E-state index is 0.0210. The lowest BCUT2D eigenvalue weighted by Crippen LogP contribution is -2.60. The van der Waals surface area contributed by atoms with Crippen LogP contribution in [0.3, 0.4) is 0 Å². The van der Waals surface area contributed by atoms with E-state index >= 15 is 0 Å². The molecule has 0 aromatic rings. The number of aliphatic hydroxyl groups is 1. The van der Waals surface area contributed by atoms with E-state index in [0.717, 1.165) is 5.57 Å². The Balaban J connectivity index is 1.77. The van der Waals surface area contributed by atoms with Crippen LogP contribution < -0.4 is 0 Å². The first-order chi connectivity index (χ1) is 12.6. The van der Waals surface area contributed by atoms with Gasteiger partial charge in [0.05, 0.1) is 5.92 Å². The molecule has 0 aliphatic heterocycles. The maximum absolute atomic E-state index is 13.3. The Morgan fingerprint density at radius 3 is 2.59 bits per heavy atom. The molecule has 4 rings (SSSR count). The number of fused-ring (bicyclic) bond motifs is 5. The third-order valence-corrected chi connectivity index (χ3v) is 8.42. The number of Topliss-reactive ketones (excluding diaryl/α,β-unsaturated/α-hetero) is 1. The predicted octanol–water partition coefficient (Wildman–Crippen LogP) is 1.94. The van der Waals surface area contributed by atoms with Crippen molar-refractivity contribution < 1.29 is 29.4 Å². The van der Waals surface area contributed by atoms with Crippen molar-refractivity contribution in [2.45, 2.75) is 58.0 Å². The lowest BCUT2D eigenvalue weighted by Gasteiger charge is -2.57. The lowest BCUT2D eigenvalue weighted by molar-refractivity contribution is -0.183. The van der Waals surface area contributed by atoms with Gasteiger partial charge in [-0.1, -0.05) is 19.4 Å². The first-order valence-corrected chi connectivity index (χ1v) is 9.77. The Morgan fingerprint density at radius 1 is 1.26 bits per heavy atom. The summed E-state index contributed by atoms with van der Waals surface area (Å²) in [7, 11) is 0. The van der Waals surface area contributed by atoms with E-state index in [0.29, 0.717) is 32.0 Å². The number of carbonyl (C=O) groups excluding carboxylic acids is 3. The Hall–Kier alpha value is -1.82. The molecule has 3 unspecified atom stereocenters. The fourth-order valence-electron chi connectivity index (χ4n) is 6.98. The first kappa shape index (κ1) is 18.5. The second kappa shape index (κ2) is 5.60. The SMILES string of the molecule is C[C@]12CC(C=O)C(=O)C=C1CC[C@@H]1C2C(=O)C[C@@]2(C)C1CC[C@]2(O)C(=O)O. The highest BCUT2D eigenvalue weighted by Gasteiger charge is 2.69. The summed E-state index contributed by atoms with van der Waals surface area (Å²) in [6, 6.07) is 0. The van der Waals surface area contributed by atoms with Crippen LogP contribution in [0.2, 0.25) is 0 Å². The van der Waals surface area contributed by atoms with Crippen LogP contribution in [0.15, 0.2) is 11.6 Å². The Kier molecular flexibility index (Phi) is 3.84. The largest absolute Gasteiger partial charge is 0.479 e. The van der Waals surface area contributed by atoms with Crippen molar-refractivity contribution >= 4 is 23.8 Å². The second-order valence-electron chi connectivity index (χ2n) is 9.49. The molecule has 0 bridgehead atoms. The van der Waals surface area contributed by atoms with Crippen molar-refractivity contribution in [2.24, 2.45) is 34.5 Å². The zero-order valence-electron chi connectivity index (χ0n) is 15.7. The minimum atomic E-state index is -1.87. The van der Waals surface area contributed by atoms with E-state index in [1.54, 1.807) is 13.0 Å². The van der Waals surface area contributed by atoms with Gasteiger partial charge in [-0.25, -0.2) is 4.79 Å². The minimum Gasteiger partial charge on any atom is -0.479 e.